The Kier molecular flexibility index (Phi) is 7.41. The molecule has 0 unspecified atom stereocenters. The Morgan fingerprint density at radius 1 is 1.13 bits per heavy atom. The van der Waals surface area contributed by atoms with Crippen molar-refractivity contribution in [3.63, 3.8) is 0 Å². The predicted octanol–water partition coefficient (Wildman–Crippen LogP) is 3.56. The molecule has 2 aromatic rings. The molecule has 3 rings (SSSR count). The molecule has 1 aliphatic rings. The molecule has 1 saturated heterocycles. The number of hydrogen-bond donors (Lipinski definition) is 1. The number of piperidine rings is 1. The summed E-state index contributed by atoms with van der Waals surface area (Å²) in [5.74, 6) is -0.949. The molecule has 0 atom stereocenters. The third kappa shape index (κ3) is 5.49. The quantitative estimate of drug-likeness (QED) is 0.729. The van der Waals surface area contributed by atoms with Crippen molar-refractivity contribution in [3.05, 3.63) is 57.8 Å². The monoisotopic (exact) mass is 443 g/mol. The second-order valence-corrected chi connectivity index (χ2v) is 8.13. The van der Waals surface area contributed by atoms with E-state index in [9.17, 15) is 19.2 Å². The van der Waals surface area contributed by atoms with Crippen molar-refractivity contribution >= 4 is 35.2 Å². The van der Waals surface area contributed by atoms with Gasteiger partial charge in [0.2, 0.25) is 0 Å². The number of nitrogens with zero attached hydrogens (tertiary/aromatic N) is 2. The van der Waals surface area contributed by atoms with Crippen LogP contribution >= 0.6 is 11.3 Å². The third-order valence-electron chi connectivity index (χ3n) is 5.08. The van der Waals surface area contributed by atoms with Crippen molar-refractivity contribution in [2.24, 2.45) is 5.92 Å². The molecule has 1 fully saturated rings. The number of carbonyl (C=O) groups is 4. The molecule has 0 radical (unpaired) electrons. The lowest BCUT2D eigenvalue weighted by Gasteiger charge is -2.30. The first-order chi connectivity index (χ1) is 14.9. The average molecular weight is 444 g/mol. The highest BCUT2D eigenvalue weighted by Gasteiger charge is 2.28. The van der Waals surface area contributed by atoms with E-state index in [1.807, 2.05) is 0 Å². The predicted molar refractivity (Wildman–Crippen MR) is 116 cm³/mol. The van der Waals surface area contributed by atoms with Gasteiger partial charge in [-0.1, -0.05) is 13.0 Å². The summed E-state index contributed by atoms with van der Waals surface area (Å²) in [7, 11) is 0. The molecule has 1 aromatic heterocycles. The molecular weight excluding hydrogens is 418 g/mol. The summed E-state index contributed by atoms with van der Waals surface area (Å²) in [5.41, 5.74) is 3.10. The lowest BCUT2D eigenvalue weighted by molar-refractivity contribution is 0.0505. The summed E-state index contributed by atoms with van der Waals surface area (Å²) >= 11 is 1.29. The van der Waals surface area contributed by atoms with Gasteiger partial charge in [-0.15, -0.1) is 5.01 Å². The first kappa shape index (κ1) is 22.5. The molecule has 31 heavy (non-hydrogen) atoms. The van der Waals surface area contributed by atoms with Crippen molar-refractivity contribution in [1.82, 2.24) is 15.3 Å². The van der Waals surface area contributed by atoms with Crippen LogP contribution in [0.15, 0.2) is 41.1 Å². The summed E-state index contributed by atoms with van der Waals surface area (Å²) in [6, 6.07) is 7.78. The summed E-state index contributed by atoms with van der Waals surface area (Å²) in [6.07, 6.45) is 0.915. The van der Waals surface area contributed by atoms with Crippen LogP contribution in [0.3, 0.4) is 0 Å². The van der Waals surface area contributed by atoms with Gasteiger partial charge < -0.3 is 9.64 Å². The van der Waals surface area contributed by atoms with Crippen LogP contribution in [-0.4, -0.2) is 53.4 Å². The zero-order valence-electron chi connectivity index (χ0n) is 17.5. The fraction of sp³-hybridized carbons (Fsp3) is 0.364. The number of rotatable bonds is 4. The van der Waals surface area contributed by atoms with Gasteiger partial charge in [-0.05, 0) is 55.3 Å². The van der Waals surface area contributed by atoms with Gasteiger partial charge in [-0.2, -0.15) is 11.3 Å². The highest BCUT2D eigenvalue weighted by Crippen LogP contribution is 2.19. The van der Waals surface area contributed by atoms with Crippen LogP contribution < -0.4 is 5.43 Å². The number of likely N-dealkylation sites (tertiary alicyclic amines) is 1. The second kappa shape index (κ2) is 10.2. The number of nitrogens with one attached hydrogen (secondary N) is 1. The molecule has 4 amide bonds. The lowest BCUT2D eigenvalue weighted by atomic mass is 9.98. The third-order valence-corrected chi connectivity index (χ3v) is 5.76. The van der Waals surface area contributed by atoms with Crippen molar-refractivity contribution in [3.8, 4) is 0 Å². The van der Waals surface area contributed by atoms with Gasteiger partial charge in [0.25, 0.3) is 17.7 Å². The molecule has 0 bridgehead atoms. The molecule has 2 heterocycles. The van der Waals surface area contributed by atoms with Gasteiger partial charge in [0.05, 0.1) is 12.2 Å². The SMILES string of the molecule is CCOC(=O)N(NC(=O)c1cccc(C(=O)N2CCC(C)CC2)c1)C(=O)c1ccsc1. The van der Waals surface area contributed by atoms with Gasteiger partial charge in [0, 0.05) is 29.6 Å². The standard InChI is InChI=1S/C22H25N3O5S/c1-3-30-22(29)25(21(28)18-9-12-31-14-18)23-19(26)16-5-4-6-17(13-16)20(27)24-10-7-15(2)8-11-24/h4-6,9,12-15H,3,7-8,10-11H2,1-2H3,(H,23,26). The Balaban J connectivity index is 1.76. The van der Waals surface area contributed by atoms with Crippen molar-refractivity contribution < 1.29 is 23.9 Å². The Labute approximate surface area is 184 Å². The fourth-order valence-electron chi connectivity index (χ4n) is 3.24. The molecular formula is C22H25N3O5S. The van der Waals surface area contributed by atoms with Crippen LogP contribution in [0, 0.1) is 5.92 Å². The zero-order chi connectivity index (χ0) is 22.4. The van der Waals surface area contributed by atoms with Crippen molar-refractivity contribution in [2.75, 3.05) is 19.7 Å². The number of amides is 4. The largest absolute Gasteiger partial charge is 0.448 e. The summed E-state index contributed by atoms with van der Waals surface area (Å²) in [6.45, 7) is 5.17. The highest BCUT2D eigenvalue weighted by atomic mass is 32.1. The fourth-order valence-corrected chi connectivity index (χ4v) is 3.87. The van der Waals surface area contributed by atoms with E-state index >= 15 is 0 Å². The van der Waals surface area contributed by atoms with E-state index in [1.54, 1.807) is 40.8 Å². The van der Waals surface area contributed by atoms with Crippen LogP contribution in [0.5, 0.6) is 0 Å². The molecule has 0 saturated carbocycles. The van der Waals surface area contributed by atoms with Crippen LogP contribution in [-0.2, 0) is 4.74 Å². The van der Waals surface area contributed by atoms with Crippen LogP contribution in [0.1, 0.15) is 57.8 Å². The molecule has 0 aliphatic carbocycles. The number of ether oxygens (including phenoxy) is 1. The van der Waals surface area contributed by atoms with Crippen molar-refractivity contribution in [2.45, 2.75) is 26.7 Å². The summed E-state index contributed by atoms with van der Waals surface area (Å²) in [4.78, 5) is 52.3. The Hall–Kier alpha value is -3.20. The minimum Gasteiger partial charge on any atom is -0.448 e. The maximum Gasteiger partial charge on any atom is 0.436 e. The second-order valence-electron chi connectivity index (χ2n) is 7.35. The smallest absolute Gasteiger partial charge is 0.436 e. The maximum absolute atomic E-state index is 12.8. The van der Waals surface area contributed by atoms with E-state index < -0.39 is 17.9 Å². The number of hydrogen-bond acceptors (Lipinski definition) is 6. The topological polar surface area (TPSA) is 96.0 Å². The lowest BCUT2D eigenvalue weighted by Crippen LogP contribution is -2.50. The van der Waals surface area contributed by atoms with Crippen LogP contribution in [0.2, 0.25) is 0 Å². The van der Waals surface area contributed by atoms with Gasteiger partial charge in [-0.25, -0.2) is 4.79 Å². The summed E-state index contributed by atoms with van der Waals surface area (Å²) < 4.78 is 4.90. The van der Waals surface area contributed by atoms with Crippen molar-refractivity contribution in [1.29, 1.82) is 0 Å². The van der Waals surface area contributed by atoms with E-state index in [1.165, 1.54) is 23.5 Å². The van der Waals surface area contributed by atoms with Gasteiger partial charge in [0.1, 0.15) is 0 Å². The minimum atomic E-state index is -0.985. The number of hydrazine groups is 1. The molecule has 1 aliphatic heterocycles. The van der Waals surface area contributed by atoms with Crippen LogP contribution in [0.25, 0.3) is 0 Å². The molecule has 9 heteroatoms. The minimum absolute atomic E-state index is 0.0422. The Bertz CT molecular complexity index is 952. The van der Waals surface area contributed by atoms with E-state index in [2.05, 4.69) is 12.3 Å². The molecule has 1 N–H and O–H groups in total. The van der Waals surface area contributed by atoms with E-state index in [-0.39, 0.29) is 23.6 Å². The normalized spacial score (nSPS) is 14.1. The van der Waals surface area contributed by atoms with Crippen LogP contribution in [0.4, 0.5) is 4.79 Å². The summed E-state index contributed by atoms with van der Waals surface area (Å²) in [5, 5.41) is 3.81. The number of benzene rings is 1. The maximum atomic E-state index is 12.8. The van der Waals surface area contributed by atoms with E-state index in [0.29, 0.717) is 29.6 Å². The first-order valence-electron chi connectivity index (χ1n) is 10.1. The first-order valence-corrected chi connectivity index (χ1v) is 11.1. The number of thiophene rings is 1. The average Bonchev–Trinajstić information content (AvgIpc) is 3.32. The number of imide groups is 1. The molecule has 1 aromatic carbocycles. The van der Waals surface area contributed by atoms with E-state index in [0.717, 1.165) is 12.8 Å². The molecule has 164 valence electrons. The Morgan fingerprint density at radius 2 is 1.84 bits per heavy atom. The Morgan fingerprint density at radius 3 is 2.48 bits per heavy atom. The van der Waals surface area contributed by atoms with E-state index in [4.69, 9.17) is 4.74 Å². The number of carbonyl (C=O) groups excluding carboxylic acids is 4. The molecule has 8 nitrogen and oxygen atoms in total. The van der Waals surface area contributed by atoms with Gasteiger partial charge in [-0.3, -0.25) is 19.8 Å². The van der Waals surface area contributed by atoms with Gasteiger partial charge >= 0.3 is 6.09 Å². The van der Waals surface area contributed by atoms with Gasteiger partial charge in [0.15, 0.2) is 0 Å². The zero-order valence-corrected chi connectivity index (χ0v) is 18.3. The highest BCUT2D eigenvalue weighted by molar-refractivity contribution is 7.08. The molecule has 0 spiro atoms.